The molecule has 13 heavy (non-hydrogen) atoms. The van der Waals surface area contributed by atoms with Gasteiger partial charge in [-0.15, -0.1) is 0 Å². The third-order valence-electron chi connectivity index (χ3n) is 1.25. The third kappa shape index (κ3) is 11.6. The summed E-state index contributed by atoms with van der Waals surface area (Å²) in [6, 6.07) is 5.67. The van der Waals surface area contributed by atoms with Crippen LogP contribution in [0.2, 0.25) is 0 Å². The van der Waals surface area contributed by atoms with E-state index in [9.17, 15) is 0 Å². The molecule has 3 N–H and O–H groups in total. The maximum atomic E-state index is 8.07. The number of aliphatic hydroxyl groups excluding tert-OH is 1. The van der Waals surface area contributed by atoms with Gasteiger partial charge in [-0.25, -0.2) is 5.84 Å². The van der Waals surface area contributed by atoms with Crippen molar-refractivity contribution in [3.05, 3.63) is 30.6 Å². The van der Waals surface area contributed by atoms with Crippen LogP contribution in [0.1, 0.15) is 19.8 Å². The van der Waals surface area contributed by atoms with Gasteiger partial charge in [-0.3, -0.25) is 0 Å². The summed E-state index contributed by atoms with van der Waals surface area (Å²) in [6.07, 6.45) is 5.59. The van der Waals surface area contributed by atoms with Gasteiger partial charge in [-0.1, -0.05) is 24.1 Å². The molecule has 0 spiro atoms. The Morgan fingerprint density at radius 1 is 1.23 bits per heavy atom. The van der Waals surface area contributed by atoms with E-state index in [2.05, 4.69) is 6.92 Å². The highest BCUT2D eigenvalue weighted by atomic mass is 127. The van der Waals surface area contributed by atoms with Crippen LogP contribution in [0.15, 0.2) is 30.6 Å². The monoisotopic (exact) mass is 296 g/mol. The van der Waals surface area contributed by atoms with Crippen molar-refractivity contribution in [2.75, 3.05) is 12.4 Å². The van der Waals surface area contributed by atoms with E-state index in [1.54, 1.807) is 12.4 Å². The standard InChI is InChI=1S/C5H7N2.C4H10O.HI/c6-7-4-2-1-3-5-7;1-2-3-4-5;/h1-5H,6H2;5H,2-4H2,1H3;1H/q+1;;/p-1. The average molecular weight is 296 g/mol. The number of halogens is 1. The summed E-state index contributed by atoms with van der Waals surface area (Å²) in [5.41, 5.74) is 0. The summed E-state index contributed by atoms with van der Waals surface area (Å²) in [6.45, 7) is 2.40. The Bertz CT molecular complexity index is 180. The minimum atomic E-state index is 0. The summed E-state index contributed by atoms with van der Waals surface area (Å²) in [4.78, 5) is 0. The van der Waals surface area contributed by atoms with Crippen molar-refractivity contribution in [2.24, 2.45) is 0 Å². The molecule has 1 aromatic rings. The summed E-state index contributed by atoms with van der Waals surface area (Å²) in [7, 11) is 0. The van der Waals surface area contributed by atoms with Gasteiger partial charge in [-0.05, 0) is 6.42 Å². The van der Waals surface area contributed by atoms with Crippen molar-refractivity contribution >= 4 is 0 Å². The zero-order valence-corrected chi connectivity index (χ0v) is 10.0. The molecule has 76 valence electrons. The predicted octanol–water partition coefficient (Wildman–Crippen LogP) is -2.53. The van der Waals surface area contributed by atoms with Crippen molar-refractivity contribution in [3.63, 3.8) is 0 Å². The number of aromatic nitrogens is 1. The van der Waals surface area contributed by atoms with E-state index in [-0.39, 0.29) is 24.0 Å². The van der Waals surface area contributed by atoms with Gasteiger partial charge in [0.15, 0.2) is 12.4 Å². The molecule has 0 aliphatic heterocycles. The molecule has 0 radical (unpaired) electrons. The van der Waals surface area contributed by atoms with Crippen molar-refractivity contribution in [2.45, 2.75) is 19.8 Å². The Morgan fingerprint density at radius 2 is 1.77 bits per heavy atom. The number of aliphatic hydroxyl groups is 1. The van der Waals surface area contributed by atoms with Crippen molar-refractivity contribution < 1.29 is 33.8 Å². The number of pyridine rings is 1. The smallest absolute Gasteiger partial charge is 0.199 e. The molecule has 3 nitrogen and oxygen atoms in total. The molecular formula is C9H17IN2O. The largest absolute Gasteiger partial charge is 1.00 e. The number of nitrogen functional groups attached to an aromatic ring is 1. The number of hydrogen-bond donors (Lipinski definition) is 2. The van der Waals surface area contributed by atoms with Crippen molar-refractivity contribution in [1.82, 2.24) is 0 Å². The molecule has 1 aromatic heterocycles. The third-order valence-corrected chi connectivity index (χ3v) is 1.25. The maximum absolute atomic E-state index is 8.07. The number of hydrogen-bond acceptors (Lipinski definition) is 2. The Labute approximate surface area is 96.6 Å². The molecule has 4 heteroatoms. The van der Waals surface area contributed by atoms with Crippen molar-refractivity contribution in [1.29, 1.82) is 0 Å². The van der Waals surface area contributed by atoms with E-state index in [0.717, 1.165) is 12.8 Å². The van der Waals surface area contributed by atoms with E-state index in [1.165, 1.54) is 4.68 Å². The van der Waals surface area contributed by atoms with Gasteiger partial charge >= 0.3 is 0 Å². The molecule has 0 bridgehead atoms. The number of nitrogens with two attached hydrogens (primary N) is 1. The van der Waals surface area contributed by atoms with E-state index in [0.29, 0.717) is 6.61 Å². The highest BCUT2D eigenvalue weighted by Gasteiger charge is 1.79. The normalized spacial score (nSPS) is 7.85. The minimum absolute atomic E-state index is 0. The second-order valence-corrected chi connectivity index (χ2v) is 2.40. The van der Waals surface area contributed by atoms with Crippen LogP contribution in [0.5, 0.6) is 0 Å². The first kappa shape index (κ1) is 15.1. The highest BCUT2D eigenvalue weighted by Crippen LogP contribution is 1.78. The Kier molecular flexibility index (Phi) is 13.5. The molecule has 0 aliphatic rings. The quantitative estimate of drug-likeness (QED) is 0.359. The number of rotatable bonds is 2. The van der Waals surface area contributed by atoms with Gasteiger partial charge in [0.1, 0.15) is 0 Å². The lowest BCUT2D eigenvalue weighted by atomic mass is 10.4. The summed E-state index contributed by atoms with van der Waals surface area (Å²) in [5, 5.41) is 8.07. The van der Waals surface area contributed by atoms with Gasteiger partial charge in [0.2, 0.25) is 0 Å². The van der Waals surface area contributed by atoms with Crippen LogP contribution in [0.3, 0.4) is 0 Å². The summed E-state index contributed by atoms with van der Waals surface area (Å²) >= 11 is 0. The fourth-order valence-electron chi connectivity index (χ4n) is 0.570. The van der Waals surface area contributed by atoms with E-state index in [4.69, 9.17) is 10.9 Å². The molecule has 0 aromatic carbocycles. The lowest BCUT2D eigenvalue weighted by Gasteiger charge is -1.79. The molecular weight excluding hydrogens is 279 g/mol. The fraction of sp³-hybridized carbons (Fsp3) is 0.444. The zero-order chi connectivity index (χ0) is 9.23. The molecule has 0 aliphatic carbocycles. The maximum Gasteiger partial charge on any atom is 0.199 e. The minimum Gasteiger partial charge on any atom is -1.00 e. The lowest BCUT2D eigenvalue weighted by Crippen LogP contribution is -3.00. The first-order valence-corrected chi connectivity index (χ1v) is 4.13. The van der Waals surface area contributed by atoms with E-state index < -0.39 is 0 Å². The summed E-state index contributed by atoms with van der Waals surface area (Å²) in [5.74, 6) is 5.27. The predicted molar refractivity (Wildman–Crippen MR) is 48.8 cm³/mol. The Balaban J connectivity index is 0. The van der Waals surface area contributed by atoms with E-state index in [1.807, 2.05) is 18.2 Å². The van der Waals surface area contributed by atoms with Crippen LogP contribution >= 0.6 is 0 Å². The molecule has 1 heterocycles. The second kappa shape index (κ2) is 11.6. The number of unbranched alkanes of at least 4 members (excludes halogenated alkanes) is 1. The molecule has 1 rings (SSSR count). The Hall–Kier alpha value is -0.360. The topological polar surface area (TPSA) is 50.1 Å². The molecule has 0 saturated carbocycles. The highest BCUT2D eigenvalue weighted by molar-refractivity contribution is 4.83. The van der Waals surface area contributed by atoms with Crippen LogP contribution in [0, 0.1) is 0 Å². The second-order valence-electron chi connectivity index (χ2n) is 2.40. The molecule has 0 amide bonds. The molecule has 0 fully saturated rings. The fourth-order valence-corrected chi connectivity index (χ4v) is 0.570. The molecule has 0 atom stereocenters. The first-order valence-electron chi connectivity index (χ1n) is 4.13. The van der Waals surface area contributed by atoms with Gasteiger partial charge in [-0.2, -0.15) is 0 Å². The van der Waals surface area contributed by atoms with Gasteiger partial charge < -0.3 is 29.1 Å². The van der Waals surface area contributed by atoms with Crippen LogP contribution in [0.4, 0.5) is 0 Å². The van der Waals surface area contributed by atoms with Crippen LogP contribution in [-0.2, 0) is 0 Å². The summed E-state index contributed by atoms with van der Waals surface area (Å²) < 4.78 is 1.50. The zero-order valence-electron chi connectivity index (χ0n) is 7.86. The van der Waals surface area contributed by atoms with Gasteiger partial charge in [0.05, 0.1) is 0 Å². The van der Waals surface area contributed by atoms with Crippen molar-refractivity contribution in [3.8, 4) is 0 Å². The lowest BCUT2D eigenvalue weighted by molar-refractivity contribution is -0.638. The molecule has 0 saturated heterocycles. The van der Waals surface area contributed by atoms with Gasteiger partial charge in [0.25, 0.3) is 0 Å². The van der Waals surface area contributed by atoms with E-state index >= 15 is 0 Å². The number of nitrogens with zero attached hydrogens (tertiary/aromatic N) is 1. The van der Waals surface area contributed by atoms with Gasteiger partial charge in [0, 0.05) is 18.7 Å². The first-order chi connectivity index (χ1) is 5.81. The van der Waals surface area contributed by atoms with Crippen LogP contribution < -0.4 is 34.5 Å². The SMILES string of the molecule is CCCCO.N[n+]1ccccc1.[I-]. The Morgan fingerprint density at radius 3 is 1.92 bits per heavy atom. The van der Waals surface area contributed by atoms with Crippen LogP contribution in [0.25, 0.3) is 0 Å². The van der Waals surface area contributed by atoms with Crippen LogP contribution in [-0.4, -0.2) is 11.7 Å². The average Bonchev–Trinajstić information content (AvgIpc) is 2.08. The molecule has 0 unspecified atom stereocenters.